The number of anilines is 2. The number of hydrogen-bond donors (Lipinski definition) is 1. The van der Waals surface area contributed by atoms with Gasteiger partial charge in [-0.05, 0) is 31.2 Å². The molecule has 0 aliphatic heterocycles. The lowest BCUT2D eigenvalue weighted by molar-refractivity contribution is 0.0735. The molecule has 1 N–H and O–H groups in total. The maximum absolute atomic E-state index is 12.2. The van der Waals surface area contributed by atoms with Crippen LogP contribution in [0.5, 0.6) is 5.75 Å². The number of esters is 1. The number of nitrogens with zero attached hydrogens (tertiary/aromatic N) is 3. The van der Waals surface area contributed by atoms with E-state index in [1.807, 2.05) is 55.5 Å². The Balaban J connectivity index is 1.54. The van der Waals surface area contributed by atoms with Gasteiger partial charge in [-0.3, -0.25) is 4.98 Å². The molecule has 2 aromatic heterocycles. The predicted molar refractivity (Wildman–Crippen MR) is 111 cm³/mol. The fourth-order valence-electron chi connectivity index (χ4n) is 2.83. The molecule has 2 aromatic carbocycles. The van der Waals surface area contributed by atoms with Crippen LogP contribution in [-0.4, -0.2) is 20.9 Å². The second-order valence-corrected chi connectivity index (χ2v) is 6.33. The number of hydrogen-bond acceptors (Lipinski definition) is 6. The van der Waals surface area contributed by atoms with Crippen molar-refractivity contribution in [2.75, 3.05) is 5.32 Å². The maximum Gasteiger partial charge on any atom is 0.343 e. The van der Waals surface area contributed by atoms with Crippen LogP contribution in [0.3, 0.4) is 0 Å². The summed E-state index contributed by atoms with van der Waals surface area (Å²) in [5, 5.41) is 3.26. The molecule has 4 aromatic rings. The van der Waals surface area contributed by atoms with Crippen LogP contribution >= 0.6 is 0 Å². The molecule has 0 aliphatic rings. The maximum atomic E-state index is 12.2. The number of rotatable bonds is 5. The number of ether oxygens (including phenoxy) is 1. The third kappa shape index (κ3) is 4.62. The monoisotopic (exact) mass is 382 g/mol. The first-order valence-corrected chi connectivity index (χ1v) is 9.08. The first-order valence-electron chi connectivity index (χ1n) is 9.08. The van der Waals surface area contributed by atoms with E-state index in [1.54, 1.807) is 36.7 Å². The molecule has 29 heavy (non-hydrogen) atoms. The van der Waals surface area contributed by atoms with Crippen molar-refractivity contribution >= 4 is 17.5 Å². The molecular formula is C23H18N4O2. The van der Waals surface area contributed by atoms with Crippen LogP contribution < -0.4 is 10.1 Å². The summed E-state index contributed by atoms with van der Waals surface area (Å²) in [6.07, 6.45) is 3.10. The van der Waals surface area contributed by atoms with E-state index in [9.17, 15) is 4.79 Å². The molecule has 0 unspecified atom stereocenters. The van der Waals surface area contributed by atoms with Crippen molar-refractivity contribution in [3.05, 3.63) is 96.6 Å². The summed E-state index contributed by atoms with van der Waals surface area (Å²) >= 11 is 0. The zero-order chi connectivity index (χ0) is 20.1. The topological polar surface area (TPSA) is 77.0 Å². The largest absolute Gasteiger partial charge is 0.423 e. The van der Waals surface area contributed by atoms with Crippen molar-refractivity contribution in [3.63, 3.8) is 0 Å². The van der Waals surface area contributed by atoms with Gasteiger partial charge in [0.2, 0.25) is 0 Å². The third-order valence-electron chi connectivity index (χ3n) is 4.14. The number of aromatic nitrogens is 3. The van der Waals surface area contributed by atoms with Crippen molar-refractivity contribution < 1.29 is 9.53 Å². The Kier molecular flexibility index (Phi) is 5.25. The zero-order valence-corrected chi connectivity index (χ0v) is 15.7. The first-order chi connectivity index (χ1) is 14.2. The van der Waals surface area contributed by atoms with Crippen LogP contribution in [0.15, 0.2) is 85.2 Å². The zero-order valence-electron chi connectivity index (χ0n) is 15.7. The van der Waals surface area contributed by atoms with Crippen LogP contribution in [0.1, 0.15) is 16.2 Å². The minimum absolute atomic E-state index is 0.436. The van der Waals surface area contributed by atoms with E-state index in [4.69, 9.17) is 4.74 Å². The van der Waals surface area contributed by atoms with Gasteiger partial charge in [-0.15, -0.1) is 0 Å². The highest BCUT2D eigenvalue weighted by Gasteiger charge is 2.09. The number of nitrogens with one attached hydrogen (secondary N) is 1. The van der Waals surface area contributed by atoms with Gasteiger partial charge in [0.05, 0.1) is 11.3 Å². The van der Waals surface area contributed by atoms with Gasteiger partial charge in [0.15, 0.2) is 0 Å². The number of aryl methyl sites for hydroxylation is 1. The highest BCUT2D eigenvalue weighted by Crippen LogP contribution is 2.24. The van der Waals surface area contributed by atoms with Crippen molar-refractivity contribution in [3.8, 4) is 17.0 Å². The summed E-state index contributed by atoms with van der Waals surface area (Å²) in [6, 6.07) is 22.2. The number of benzene rings is 2. The standard InChI is InChI=1S/C23H18N4O2/c1-16-25-21(17-6-3-2-4-7-17)15-22(26-16)27-19-8-5-9-20(14-19)29-23(28)18-10-12-24-13-11-18/h2-15H,1H3,(H,25,26,27). The van der Waals surface area contributed by atoms with Crippen LogP contribution in [0.4, 0.5) is 11.5 Å². The molecular weight excluding hydrogens is 364 g/mol. The number of carbonyl (C=O) groups excluding carboxylic acids is 1. The molecule has 2 heterocycles. The van der Waals surface area contributed by atoms with Gasteiger partial charge in [0.1, 0.15) is 17.4 Å². The average molecular weight is 382 g/mol. The lowest BCUT2D eigenvalue weighted by Gasteiger charge is -2.10. The third-order valence-corrected chi connectivity index (χ3v) is 4.14. The van der Waals surface area contributed by atoms with Gasteiger partial charge < -0.3 is 10.1 Å². The molecule has 0 saturated heterocycles. The van der Waals surface area contributed by atoms with Crippen molar-refractivity contribution in [1.82, 2.24) is 15.0 Å². The van der Waals surface area contributed by atoms with Gasteiger partial charge in [-0.2, -0.15) is 0 Å². The molecule has 0 aliphatic carbocycles. The molecule has 4 rings (SSSR count). The van der Waals surface area contributed by atoms with Gasteiger partial charge in [-0.25, -0.2) is 14.8 Å². The van der Waals surface area contributed by atoms with E-state index in [-0.39, 0.29) is 0 Å². The van der Waals surface area contributed by atoms with Gasteiger partial charge in [-0.1, -0.05) is 36.4 Å². The summed E-state index contributed by atoms with van der Waals surface area (Å²) in [5.74, 6) is 1.32. The van der Waals surface area contributed by atoms with Crippen LogP contribution in [0.25, 0.3) is 11.3 Å². The molecule has 0 amide bonds. The summed E-state index contributed by atoms with van der Waals surface area (Å²) in [4.78, 5) is 25.1. The highest BCUT2D eigenvalue weighted by molar-refractivity contribution is 5.91. The first kappa shape index (κ1) is 18.3. The van der Waals surface area contributed by atoms with Crippen LogP contribution in [-0.2, 0) is 0 Å². The van der Waals surface area contributed by atoms with Crippen molar-refractivity contribution in [2.24, 2.45) is 0 Å². The van der Waals surface area contributed by atoms with E-state index in [0.29, 0.717) is 23.0 Å². The SMILES string of the molecule is Cc1nc(Nc2cccc(OC(=O)c3ccncc3)c2)cc(-c2ccccc2)n1. The fourth-order valence-corrected chi connectivity index (χ4v) is 2.83. The van der Waals surface area contributed by atoms with Crippen LogP contribution in [0.2, 0.25) is 0 Å². The Hall–Kier alpha value is -4.06. The molecule has 0 atom stereocenters. The molecule has 0 radical (unpaired) electrons. The highest BCUT2D eigenvalue weighted by atomic mass is 16.5. The summed E-state index contributed by atoms with van der Waals surface area (Å²) in [7, 11) is 0. The quantitative estimate of drug-likeness (QED) is 0.394. The smallest absolute Gasteiger partial charge is 0.343 e. The van der Waals surface area contributed by atoms with E-state index in [1.165, 1.54) is 0 Å². The predicted octanol–water partition coefficient (Wildman–Crippen LogP) is 4.81. The van der Waals surface area contributed by atoms with Crippen LogP contribution in [0, 0.1) is 6.92 Å². The van der Waals surface area contributed by atoms with E-state index in [0.717, 1.165) is 16.9 Å². The van der Waals surface area contributed by atoms with Crippen molar-refractivity contribution in [2.45, 2.75) is 6.92 Å². The van der Waals surface area contributed by atoms with Gasteiger partial charge in [0, 0.05) is 35.8 Å². The normalized spacial score (nSPS) is 10.4. The van der Waals surface area contributed by atoms with Gasteiger partial charge >= 0.3 is 5.97 Å². The lowest BCUT2D eigenvalue weighted by atomic mass is 10.1. The molecule has 6 heteroatoms. The Morgan fingerprint density at radius 1 is 0.897 bits per heavy atom. The average Bonchev–Trinajstić information content (AvgIpc) is 2.75. The minimum atomic E-state index is -0.436. The molecule has 0 bridgehead atoms. The van der Waals surface area contributed by atoms with Gasteiger partial charge in [0.25, 0.3) is 0 Å². The van der Waals surface area contributed by atoms with E-state index in [2.05, 4.69) is 20.3 Å². The lowest BCUT2D eigenvalue weighted by Crippen LogP contribution is -2.08. The number of carbonyl (C=O) groups is 1. The summed E-state index contributed by atoms with van der Waals surface area (Å²) in [6.45, 7) is 1.85. The van der Waals surface area contributed by atoms with E-state index < -0.39 is 5.97 Å². The Morgan fingerprint density at radius 3 is 2.48 bits per heavy atom. The summed E-state index contributed by atoms with van der Waals surface area (Å²) in [5.41, 5.74) is 3.04. The number of pyridine rings is 1. The Labute approximate surface area is 168 Å². The van der Waals surface area contributed by atoms with E-state index >= 15 is 0 Å². The van der Waals surface area contributed by atoms with Crippen molar-refractivity contribution in [1.29, 1.82) is 0 Å². The second kappa shape index (κ2) is 8.31. The Bertz CT molecular complexity index is 1130. The molecule has 0 fully saturated rings. The molecule has 142 valence electrons. The minimum Gasteiger partial charge on any atom is -0.423 e. The second-order valence-electron chi connectivity index (χ2n) is 6.33. The fraction of sp³-hybridized carbons (Fsp3) is 0.0435. The Morgan fingerprint density at radius 2 is 1.69 bits per heavy atom. The molecule has 0 spiro atoms. The molecule has 6 nitrogen and oxygen atoms in total. The molecule has 0 saturated carbocycles. The summed E-state index contributed by atoms with van der Waals surface area (Å²) < 4.78 is 5.46.